The van der Waals surface area contributed by atoms with Crippen molar-refractivity contribution < 1.29 is 4.57 Å². The van der Waals surface area contributed by atoms with E-state index < -0.39 is 0 Å². The average molecular weight is 370 g/mol. The van der Waals surface area contributed by atoms with E-state index in [0.29, 0.717) is 5.92 Å². The summed E-state index contributed by atoms with van der Waals surface area (Å²) in [6, 6.07) is 10.7. The van der Waals surface area contributed by atoms with Crippen LogP contribution in [0.25, 0.3) is 0 Å². The molecule has 1 aromatic heterocycles. The smallest absolute Gasteiger partial charge is 0.247 e. The van der Waals surface area contributed by atoms with Crippen molar-refractivity contribution in [1.82, 2.24) is 4.98 Å². The molecule has 0 saturated carbocycles. The van der Waals surface area contributed by atoms with E-state index in [9.17, 15) is 0 Å². The highest BCUT2D eigenvalue weighted by Gasteiger charge is 2.18. The number of nitrogens with zero attached hydrogens (tertiary/aromatic N) is 1. The van der Waals surface area contributed by atoms with Crippen molar-refractivity contribution in [2.75, 3.05) is 0 Å². The summed E-state index contributed by atoms with van der Waals surface area (Å²) in [6.45, 7) is 5.62. The molecular formula is C25H41N2+. The van der Waals surface area contributed by atoms with Gasteiger partial charge in [0.2, 0.25) is 0 Å². The average Bonchev–Trinajstić information content (AvgIpc) is 3.15. The molecule has 1 heterocycles. The Morgan fingerprint density at radius 3 is 2.04 bits per heavy atom. The minimum Gasteiger partial charge on any atom is -0.247 e. The van der Waals surface area contributed by atoms with Crippen LogP contribution in [0.4, 0.5) is 0 Å². The van der Waals surface area contributed by atoms with Crippen LogP contribution in [0.5, 0.6) is 0 Å². The quantitative estimate of drug-likeness (QED) is 0.254. The molecule has 0 aliphatic heterocycles. The van der Waals surface area contributed by atoms with Gasteiger partial charge in [-0.2, -0.15) is 0 Å². The largest absolute Gasteiger partial charge is 0.257 e. The molecule has 0 unspecified atom stereocenters. The lowest BCUT2D eigenvalue weighted by atomic mass is 10.0. The van der Waals surface area contributed by atoms with Crippen molar-refractivity contribution in [3.63, 3.8) is 0 Å². The Morgan fingerprint density at radius 2 is 1.41 bits per heavy atom. The number of hydrogen-bond donors (Lipinski definition) is 1. The molecule has 1 N–H and O–H groups in total. The molecular weight excluding hydrogens is 328 g/mol. The van der Waals surface area contributed by atoms with Gasteiger partial charge in [0.1, 0.15) is 18.9 Å². The zero-order valence-electron chi connectivity index (χ0n) is 17.8. The molecule has 2 rings (SSSR count). The first kappa shape index (κ1) is 21.7. The van der Waals surface area contributed by atoms with Gasteiger partial charge in [0, 0.05) is 0 Å². The summed E-state index contributed by atoms with van der Waals surface area (Å²) in [5.41, 5.74) is 1.37. The molecule has 27 heavy (non-hydrogen) atoms. The Bertz CT molecular complexity index is 587. The predicted molar refractivity (Wildman–Crippen MR) is 116 cm³/mol. The van der Waals surface area contributed by atoms with Crippen molar-refractivity contribution in [2.24, 2.45) is 0 Å². The minimum absolute atomic E-state index is 0.599. The van der Waals surface area contributed by atoms with Gasteiger partial charge in [0.25, 0.3) is 5.82 Å². The normalized spacial score (nSPS) is 12.4. The first-order valence-corrected chi connectivity index (χ1v) is 11.4. The molecule has 0 amide bonds. The second-order valence-electron chi connectivity index (χ2n) is 8.18. The number of unbranched alkanes of at least 4 members (excludes halogenated alkanes) is 10. The number of benzene rings is 1. The summed E-state index contributed by atoms with van der Waals surface area (Å²) in [7, 11) is 0. The summed E-state index contributed by atoms with van der Waals surface area (Å²) >= 11 is 0. The summed E-state index contributed by atoms with van der Waals surface area (Å²) in [4.78, 5) is 3.48. The van der Waals surface area contributed by atoms with E-state index in [-0.39, 0.29) is 0 Å². The highest BCUT2D eigenvalue weighted by Crippen LogP contribution is 2.19. The molecule has 0 radical (unpaired) electrons. The SMILES string of the molecule is CCCCCCCCCCCCC[C@H](C)c1[nH]cc[n+]1Cc1ccccc1. The summed E-state index contributed by atoms with van der Waals surface area (Å²) < 4.78 is 2.37. The fourth-order valence-electron chi connectivity index (χ4n) is 3.97. The first-order chi connectivity index (χ1) is 13.3. The third-order valence-electron chi connectivity index (χ3n) is 5.70. The van der Waals surface area contributed by atoms with Gasteiger partial charge in [-0.15, -0.1) is 0 Å². The van der Waals surface area contributed by atoms with Crippen molar-refractivity contribution in [2.45, 2.75) is 103 Å². The van der Waals surface area contributed by atoms with Crippen molar-refractivity contribution in [3.05, 3.63) is 54.1 Å². The Hall–Kier alpha value is -1.57. The molecule has 0 spiro atoms. The minimum atomic E-state index is 0.599. The molecule has 150 valence electrons. The Kier molecular flexibility index (Phi) is 10.9. The lowest BCUT2D eigenvalue weighted by Gasteiger charge is -2.09. The van der Waals surface area contributed by atoms with Crippen LogP contribution in [0, 0.1) is 0 Å². The summed E-state index contributed by atoms with van der Waals surface area (Å²) in [6.07, 6.45) is 21.1. The van der Waals surface area contributed by atoms with Gasteiger partial charge >= 0.3 is 0 Å². The second kappa shape index (κ2) is 13.6. The predicted octanol–water partition coefficient (Wildman–Crippen LogP) is 7.16. The molecule has 0 aliphatic carbocycles. The molecule has 1 aromatic carbocycles. The molecule has 2 heteroatoms. The van der Waals surface area contributed by atoms with E-state index in [2.05, 4.69) is 66.1 Å². The number of nitrogens with one attached hydrogen (secondary N) is 1. The number of imidazole rings is 1. The first-order valence-electron chi connectivity index (χ1n) is 11.4. The van der Waals surface area contributed by atoms with Crippen LogP contribution in [-0.2, 0) is 6.54 Å². The highest BCUT2D eigenvalue weighted by molar-refractivity contribution is 5.13. The molecule has 0 fully saturated rings. The highest BCUT2D eigenvalue weighted by atomic mass is 15.1. The third-order valence-corrected chi connectivity index (χ3v) is 5.70. The fraction of sp³-hybridized carbons (Fsp3) is 0.640. The maximum Gasteiger partial charge on any atom is 0.257 e. The van der Waals surface area contributed by atoms with Crippen molar-refractivity contribution >= 4 is 0 Å². The van der Waals surface area contributed by atoms with Crippen LogP contribution in [0.3, 0.4) is 0 Å². The Morgan fingerprint density at radius 1 is 0.815 bits per heavy atom. The number of aromatic amines is 1. The van der Waals surface area contributed by atoms with Crippen LogP contribution in [0.2, 0.25) is 0 Å². The standard InChI is InChI=1S/C25H40N2/c1-3-4-5-6-7-8-9-10-11-12-14-17-23(2)25-26-20-21-27(25)22-24-18-15-13-16-19-24/h13,15-16,18-21,23H,3-12,14,17,22H2,1-2H3/p+1/t23-/m0/s1. The van der Waals surface area contributed by atoms with Crippen LogP contribution < -0.4 is 4.57 Å². The molecule has 2 nitrogen and oxygen atoms in total. The van der Waals surface area contributed by atoms with Crippen LogP contribution in [-0.4, -0.2) is 4.98 Å². The van der Waals surface area contributed by atoms with Gasteiger partial charge < -0.3 is 0 Å². The van der Waals surface area contributed by atoms with Crippen LogP contribution >= 0.6 is 0 Å². The summed E-state index contributed by atoms with van der Waals surface area (Å²) in [5, 5.41) is 0. The fourth-order valence-corrected chi connectivity index (χ4v) is 3.97. The van der Waals surface area contributed by atoms with Gasteiger partial charge in [-0.3, -0.25) is 0 Å². The van der Waals surface area contributed by atoms with E-state index in [4.69, 9.17) is 0 Å². The van der Waals surface area contributed by atoms with Gasteiger partial charge in [-0.1, -0.05) is 115 Å². The molecule has 1 atom stereocenters. The Labute approximate surface area is 167 Å². The van der Waals surface area contributed by atoms with E-state index in [1.165, 1.54) is 88.4 Å². The van der Waals surface area contributed by atoms with Gasteiger partial charge in [-0.05, 0) is 12.0 Å². The molecule has 0 saturated heterocycles. The topological polar surface area (TPSA) is 19.7 Å². The Balaban J connectivity index is 1.56. The molecule has 0 aliphatic rings. The summed E-state index contributed by atoms with van der Waals surface area (Å²) in [5.74, 6) is 1.97. The maximum atomic E-state index is 3.48. The van der Waals surface area contributed by atoms with E-state index in [0.717, 1.165) is 6.54 Å². The number of H-pyrrole nitrogens is 1. The van der Waals surface area contributed by atoms with E-state index >= 15 is 0 Å². The number of hydrogen-bond acceptors (Lipinski definition) is 0. The second-order valence-corrected chi connectivity index (χ2v) is 8.18. The zero-order chi connectivity index (χ0) is 19.2. The van der Waals surface area contributed by atoms with Gasteiger partial charge in [0.15, 0.2) is 0 Å². The monoisotopic (exact) mass is 369 g/mol. The molecule has 0 bridgehead atoms. The van der Waals surface area contributed by atoms with E-state index in [1.807, 2.05) is 0 Å². The van der Waals surface area contributed by atoms with Gasteiger partial charge in [0.05, 0.1) is 5.92 Å². The maximum absolute atomic E-state index is 3.48. The van der Waals surface area contributed by atoms with E-state index in [1.54, 1.807) is 0 Å². The van der Waals surface area contributed by atoms with Crippen molar-refractivity contribution in [3.8, 4) is 0 Å². The van der Waals surface area contributed by atoms with Crippen LogP contribution in [0.15, 0.2) is 42.7 Å². The van der Waals surface area contributed by atoms with Crippen molar-refractivity contribution in [1.29, 1.82) is 0 Å². The number of aromatic nitrogens is 2. The van der Waals surface area contributed by atoms with Crippen LogP contribution in [0.1, 0.15) is 108 Å². The molecule has 2 aromatic rings. The van der Waals surface area contributed by atoms with Gasteiger partial charge in [-0.25, -0.2) is 9.55 Å². The zero-order valence-corrected chi connectivity index (χ0v) is 17.8. The number of rotatable bonds is 15. The third kappa shape index (κ3) is 8.77. The lowest BCUT2D eigenvalue weighted by molar-refractivity contribution is -0.695. The lowest BCUT2D eigenvalue weighted by Crippen LogP contribution is -2.37.